The highest BCUT2D eigenvalue weighted by atomic mass is 32.1. The zero-order valence-corrected chi connectivity index (χ0v) is 15.0. The fraction of sp³-hybridized carbons (Fsp3) is 0.263. The second kappa shape index (κ2) is 8.45. The van der Waals surface area contributed by atoms with Crippen LogP contribution in [0.4, 0.5) is 5.69 Å². The number of ether oxygens (including phenoxy) is 1. The second-order valence-electron chi connectivity index (χ2n) is 5.52. The van der Waals surface area contributed by atoms with E-state index in [1.54, 1.807) is 18.2 Å². The molecule has 1 amide bonds. The van der Waals surface area contributed by atoms with Crippen molar-refractivity contribution in [2.24, 2.45) is 0 Å². The molecule has 0 heterocycles. The van der Waals surface area contributed by atoms with Crippen LogP contribution in [0.25, 0.3) is 0 Å². The van der Waals surface area contributed by atoms with Gasteiger partial charge in [0.25, 0.3) is 5.91 Å². The standard InChI is InChI=1S/C19H22N2O2S/c1-4-12-23-16-11-6-5-10-15(16)18(22)21-19(24)20-17-13(2)8-7-9-14(17)3/h5-11H,4,12H2,1-3H3,(H2,20,21,22,24). The van der Waals surface area contributed by atoms with E-state index in [4.69, 9.17) is 17.0 Å². The van der Waals surface area contributed by atoms with E-state index in [-0.39, 0.29) is 11.0 Å². The Morgan fingerprint density at radius 3 is 2.42 bits per heavy atom. The molecule has 5 heteroatoms. The van der Waals surface area contributed by atoms with Gasteiger partial charge in [0, 0.05) is 5.69 Å². The van der Waals surface area contributed by atoms with Crippen LogP contribution >= 0.6 is 12.2 Å². The van der Waals surface area contributed by atoms with Gasteiger partial charge in [-0.25, -0.2) is 0 Å². The summed E-state index contributed by atoms with van der Waals surface area (Å²) in [6.45, 7) is 6.57. The molecule has 0 saturated heterocycles. The lowest BCUT2D eigenvalue weighted by Crippen LogP contribution is -2.34. The van der Waals surface area contributed by atoms with Crippen molar-refractivity contribution in [2.75, 3.05) is 11.9 Å². The summed E-state index contributed by atoms with van der Waals surface area (Å²) in [4.78, 5) is 12.5. The third kappa shape index (κ3) is 4.55. The van der Waals surface area contributed by atoms with Crippen molar-refractivity contribution in [1.82, 2.24) is 5.32 Å². The largest absolute Gasteiger partial charge is 0.493 e. The summed E-state index contributed by atoms with van der Waals surface area (Å²) in [6, 6.07) is 13.1. The summed E-state index contributed by atoms with van der Waals surface area (Å²) in [5.41, 5.74) is 3.52. The highest BCUT2D eigenvalue weighted by Gasteiger charge is 2.14. The van der Waals surface area contributed by atoms with E-state index in [9.17, 15) is 4.79 Å². The van der Waals surface area contributed by atoms with E-state index in [0.29, 0.717) is 17.9 Å². The second-order valence-corrected chi connectivity index (χ2v) is 5.93. The van der Waals surface area contributed by atoms with Crippen molar-refractivity contribution >= 4 is 28.9 Å². The van der Waals surface area contributed by atoms with Crippen LogP contribution in [0.5, 0.6) is 5.75 Å². The summed E-state index contributed by atoms with van der Waals surface area (Å²) in [6.07, 6.45) is 0.877. The van der Waals surface area contributed by atoms with Crippen LogP contribution in [-0.2, 0) is 0 Å². The third-order valence-corrected chi connectivity index (χ3v) is 3.74. The van der Waals surface area contributed by atoms with Gasteiger partial charge in [-0.3, -0.25) is 10.1 Å². The van der Waals surface area contributed by atoms with Gasteiger partial charge in [0.05, 0.1) is 12.2 Å². The molecule has 0 aromatic heterocycles. The van der Waals surface area contributed by atoms with Gasteiger partial charge in [0.1, 0.15) is 5.75 Å². The maximum absolute atomic E-state index is 12.5. The van der Waals surface area contributed by atoms with Crippen molar-refractivity contribution in [3.05, 3.63) is 59.2 Å². The van der Waals surface area contributed by atoms with Crippen molar-refractivity contribution < 1.29 is 9.53 Å². The molecule has 2 N–H and O–H groups in total. The van der Waals surface area contributed by atoms with E-state index in [2.05, 4.69) is 10.6 Å². The Labute approximate surface area is 148 Å². The number of carbonyl (C=O) groups is 1. The predicted octanol–water partition coefficient (Wildman–Crippen LogP) is 4.22. The summed E-state index contributed by atoms with van der Waals surface area (Å²) < 4.78 is 5.62. The van der Waals surface area contributed by atoms with Gasteiger partial charge >= 0.3 is 0 Å². The molecule has 0 fully saturated rings. The summed E-state index contributed by atoms with van der Waals surface area (Å²) >= 11 is 5.28. The molecule has 2 rings (SSSR count). The first-order valence-corrected chi connectivity index (χ1v) is 8.34. The number of aryl methyl sites for hydroxylation is 2. The quantitative estimate of drug-likeness (QED) is 0.799. The molecule has 2 aromatic carbocycles. The number of nitrogens with one attached hydrogen (secondary N) is 2. The first-order chi connectivity index (χ1) is 11.5. The van der Waals surface area contributed by atoms with E-state index in [1.807, 2.05) is 45.0 Å². The Hall–Kier alpha value is -2.40. The normalized spacial score (nSPS) is 10.1. The van der Waals surface area contributed by atoms with Gasteiger partial charge in [-0.1, -0.05) is 37.3 Å². The van der Waals surface area contributed by atoms with Crippen LogP contribution in [0.1, 0.15) is 34.8 Å². The Morgan fingerprint density at radius 2 is 1.75 bits per heavy atom. The molecular weight excluding hydrogens is 320 g/mol. The minimum Gasteiger partial charge on any atom is -0.493 e. The first kappa shape index (κ1) is 17.9. The highest BCUT2D eigenvalue weighted by Crippen LogP contribution is 2.20. The van der Waals surface area contributed by atoms with E-state index in [1.165, 1.54) is 0 Å². The minimum absolute atomic E-state index is 0.266. The van der Waals surface area contributed by atoms with Gasteiger partial charge in [0.2, 0.25) is 0 Å². The van der Waals surface area contributed by atoms with E-state index in [0.717, 1.165) is 23.2 Å². The zero-order chi connectivity index (χ0) is 17.5. The number of amides is 1. The molecule has 0 aliphatic rings. The number of benzene rings is 2. The Kier molecular flexibility index (Phi) is 6.32. The molecule has 0 aliphatic carbocycles. The number of thiocarbonyl (C=S) groups is 1. The lowest BCUT2D eigenvalue weighted by Gasteiger charge is -2.15. The molecule has 24 heavy (non-hydrogen) atoms. The molecule has 2 aromatic rings. The predicted molar refractivity (Wildman–Crippen MR) is 102 cm³/mol. The van der Waals surface area contributed by atoms with Crippen molar-refractivity contribution in [1.29, 1.82) is 0 Å². The van der Waals surface area contributed by atoms with Crippen LogP contribution in [0.2, 0.25) is 0 Å². The van der Waals surface area contributed by atoms with Crippen molar-refractivity contribution in [3.8, 4) is 5.75 Å². The highest BCUT2D eigenvalue weighted by molar-refractivity contribution is 7.80. The van der Waals surface area contributed by atoms with Crippen LogP contribution in [-0.4, -0.2) is 17.6 Å². The molecule has 0 bridgehead atoms. The monoisotopic (exact) mass is 342 g/mol. The number of para-hydroxylation sites is 2. The Morgan fingerprint density at radius 1 is 1.08 bits per heavy atom. The summed E-state index contributed by atoms with van der Waals surface area (Å²) in [7, 11) is 0. The van der Waals surface area contributed by atoms with Crippen LogP contribution in [0.3, 0.4) is 0 Å². The Balaban J connectivity index is 2.08. The smallest absolute Gasteiger partial charge is 0.261 e. The number of rotatable bonds is 5. The van der Waals surface area contributed by atoms with Gasteiger partial charge in [-0.15, -0.1) is 0 Å². The Bertz CT molecular complexity index is 724. The fourth-order valence-corrected chi connectivity index (χ4v) is 2.51. The summed E-state index contributed by atoms with van der Waals surface area (Å²) in [5.74, 6) is 0.275. The molecule has 0 spiro atoms. The van der Waals surface area contributed by atoms with Crippen molar-refractivity contribution in [3.63, 3.8) is 0 Å². The van der Waals surface area contributed by atoms with E-state index < -0.39 is 0 Å². The van der Waals surface area contributed by atoms with Crippen LogP contribution < -0.4 is 15.4 Å². The number of anilines is 1. The number of hydrogen-bond donors (Lipinski definition) is 2. The van der Waals surface area contributed by atoms with Gasteiger partial charge < -0.3 is 10.1 Å². The molecule has 0 saturated carbocycles. The topological polar surface area (TPSA) is 50.4 Å². The SMILES string of the molecule is CCCOc1ccccc1C(=O)NC(=S)Nc1c(C)cccc1C. The molecule has 4 nitrogen and oxygen atoms in total. The summed E-state index contributed by atoms with van der Waals surface area (Å²) in [5, 5.41) is 6.08. The lowest BCUT2D eigenvalue weighted by atomic mass is 10.1. The van der Waals surface area contributed by atoms with E-state index >= 15 is 0 Å². The van der Waals surface area contributed by atoms with Crippen molar-refractivity contribution in [2.45, 2.75) is 27.2 Å². The maximum atomic E-state index is 12.5. The number of carbonyl (C=O) groups excluding carboxylic acids is 1. The first-order valence-electron chi connectivity index (χ1n) is 7.93. The molecule has 0 aliphatic heterocycles. The van der Waals surface area contributed by atoms with Gasteiger partial charge in [-0.2, -0.15) is 0 Å². The zero-order valence-electron chi connectivity index (χ0n) is 14.2. The molecule has 126 valence electrons. The van der Waals surface area contributed by atoms with Gasteiger partial charge in [-0.05, 0) is 55.7 Å². The molecule has 0 unspecified atom stereocenters. The van der Waals surface area contributed by atoms with Crippen LogP contribution in [0.15, 0.2) is 42.5 Å². The average Bonchev–Trinajstić information content (AvgIpc) is 2.56. The molecule has 0 atom stereocenters. The fourth-order valence-electron chi connectivity index (χ4n) is 2.32. The average molecular weight is 342 g/mol. The number of hydrogen-bond acceptors (Lipinski definition) is 3. The maximum Gasteiger partial charge on any atom is 0.261 e. The lowest BCUT2D eigenvalue weighted by molar-refractivity contribution is 0.0973. The van der Waals surface area contributed by atoms with Gasteiger partial charge in [0.15, 0.2) is 5.11 Å². The molecule has 0 radical (unpaired) electrons. The third-order valence-electron chi connectivity index (χ3n) is 3.54. The minimum atomic E-state index is -0.287. The van der Waals surface area contributed by atoms with Crippen LogP contribution in [0, 0.1) is 13.8 Å². The molecular formula is C19H22N2O2S.